The summed E-state index contributed by atoms with van der Waals surface area (Å²) in [5, 5.41) is 0. The summed E-state index contributed by atoms with van der Waals surface area (Å²) in [4.78, 5) is 0. The Labute approximate surface area is 184 Å². The summed E-state index contributed by atoms with van der Waals surface area (Å²) in [6.45, 7) is 8.85. The Morgan fingerprint density at radius 1 is 1.00 bits per heavy atom. The molecule has 160 valence electrons. The van der Waals surface area contributed by atoms with E-state index in [-0.39, 0.29) is 0 Å². The van der Waals surface area contributed by atoms with Gasteiger partial charge in [-0.3, -0.25) is 0 Å². The van der Waals surface area contributed by atoms with Gasteiger partial charge in [-0.05, 0) is 116 Å². The number of hydrogen-bond donors (Lipinski definition) is 0. The largest absolute Gasteiger partial charge is 0.0984 e. The molecule has 0 nitrogen and oxygen atoms in total. The van der Waals surface area contributed by atoms with E-state index in [1.54, 1.807) is 5.56 Å². The third kappa shape index (κ3) is 3.35. The zero-order valence-corrected chi connectivity index (χ0v) is 19.2. The molecule has 0 aromatic heterocycles. The van der Waals surface area contributed by atoms with Crippen molar-refractivity contribution in [2.75, 3.05) is 0 Å². The fraction of sp³-hybridized carbons (Fsp3) is 0.600. The first-order chi connectivity index (χ1) is 14.6. The second kappa shape index (κ2) is 8.18. The standard InChI is InChI=1S/C30H40/c1-4-8-22-11-12-26(19-21(22)5-2)28-15-16-29-27-14-13-23-9-6-7-10-24(23)20-25(27)17-18-30(28,29)3/h4-5,8,11-12,19-20,23,25,27-29H,2,6-7,9-10,13-18H2,1,3H3/b8-4-. The van der Waals surface area contributed by atoms with E-state index in [0.717, 1.165) is 29.6 Å². The first-order valence-corrected chi connectivity index (χ1v) is 12.7. The smallest absolute Gasteiger partial charge is 0.0105 e. The van der Waals surface area contributed by atoms with Crippen molar-refractivity contribution in [2.45, 2.75) is 84.0 Å². The maximum Gasteiger partial charge on any atom is -0.0105 e. The zero-order chi connectivity index (χ0) is 20.7. The highest BCUT2D eigenvalue weighted by Gasteiger charge is 2.54. The van der Waals surface area contributed by atoms with E-state index in [2.05, 4.69) is 56.9 Å². The SMILES string of the molecule is C=Cc1cc(C2CCC3C4CCC5CCCCC5=CC4CCC23C)ccc1/C=C\C. The minimum absolute atomic E-state index is 0.482. The highest BCUT2D eigenvalue weighted by molar-refractivity contribution is 5.65. The lowest BCUT2D eigenvalue weighted by Gasteiger charge is -2.48. The normalized spacial score (nSPS) is 38.3. The van der Waals surface area contributed by atoms with Crippen molar-refractivity contribution in [3.05, 3.63) is 59.2 Å². The van der Waals surface area contributed by atoms with Crippen LogP contribution in [0.4, 0.5) is 0 Å². The second-order valence-electron chi connectivity index (χ2n) is 11.0. The van der Waals surface area contributed by atoms with Crippen LogP contribution in [0.2, 0.25) is 0 Å². The molecule has 0 radical (unpaired) electrons. The van der Waals surface area contributed by atoms with Crippen LogP contribution in [0.25, 0.3) is 12.2 Å². The van der Waals surface area contributed by atoms with Gasteiger partial charge in [0.15, 0.2) is 0 Å². The maximum absolute atomic E-state index is 4.10. The van der Waals surface area contributed by atoms with Gasteiger partial charge in [-0.25, -0.2) is 0 Å². The number of fused-ring (bicyclic) bond motifs is 4. The van der Waals surface area contributed by atoms with Crippen molar-refractivity contribution in [3.63, 3.8) is 0 Å². The lowest BCUT2D eigenvalue weighted by molar-refractivity contribution is 0.0418. The van der Waals surface area contributed by atoms with Crippen molar-refractivity contribution < 1.29 is 0 Å². The van der Waals surface area contributed by atoms with E-state index in [0.29, 0.717) is 5.41 Å². The maximum atomic E-state index is 4.10. The lowest BCUT2D eigenvalue weighted by Crippen LogP contribution is -2.40. The second-order valence-corrected chi connectivity index (χ2v) is 11.0. The highest BCUT2D eigenvalue weighted by atomic mass is 14.6. The van der Waals surface area contributed by atoms with E-state index in [4.69, 9.17) is 0 Å². The summed E-state index contributed by atoms with van der Waals surface area (Å²) in [6, 6.07) is 7.21. The van der Waals surface area contributed by atoms with Gasteiger partial charge >= 0.3 is 0 Å². The predicted molar refractivity (Wildman–Crippen MR) is 130 cm³/mol. The number of hydrogen-bond acceptors (Lipinski definition) is 0. The molecule has 0 aliphatic heterocycles. The zero-order valence-electron chi connectivity index (χ0n) is 19.2. The number of rotatable bonds is 3. The van der Waals surface area contributed by atoms with Gasteiger partial charge in [0.2, 0.25) is 0 Å². The van der Waals surface area contributed by atoms with Crippen LogP contribution >= 0.6 is 0 Å². The molecule has 1 aromatic carbocycles. The average molecular weight is 401 g/mol. The molecule has 0 heteroatoms. The van der Waals surface area contributed by atoms with Crippen LogP contribution in [0.3, 0.4) is 0 Å². The van der Waals surface area contributed by atoms with Crippen LogP contribution < -0.4 is 0 Å². The van der Waals surface area contributed by atoms with Gasteiger partial charge in [-0.15, -0.1) is 0 Å². The molecule has 4 aliphatic carbocycles. The molecule has 3 fully saturated rings. The van der Waals surface area contributed by atoms with Crippen LogP contribution in [0.15, 0.2) is 42.5 Å². The Bertz CT molecular complexity index is 855. The molecule has 0 spiro atoms. The van der Waals surface area contributed by atoms with Gasteiger partial charge in [-0.2, -0.15) is 0 Å². The van der Waals surface area contributed by atoms with Gasteiger partial charge in [0, 0.05) is 0 Å². The highest BCUT2D eigenvalue weighted by Crippen LogP contribution is 2.64. The summed E-state index contributed by atoms with van der Waals surface area (Å²) in [7, 11) is 0. The van der Waals surface area contributed by atoms with Crippen molar-refractivity contribution in [1.82, 2.24) is 0 Å². The van der Waals surface area contributed by atoms with Gasteiger partial charge in [0.05, 0.1) is 0 Å². The molecule has 6 unspecified atom stereocenters. The molecule has 30 heavy (non-hydrogen) atoms. The van der Waals surface area contributed by atoms with Crippen LogP contribution in [0, 0.1) is 29.1 Å². The molecule has 0 bridgehead atoms. The molecule has 5 rings (SSSR count). The third-order valence-electron chi connectivity index (χ3n) is 9.64. The van der Waals surface area contributed by atoms with Crippen molar-refractivity contribution >= 4 is 12.2 Å². The molecule has 4 aliphatic rings. The minimum atomic E-state index is 0.482. The summed E-state index contributed by atoms with van der Waals surface area (Å²) in [5.74, 6) is 4.39. The van der Waals surface area contributed by atoms with Gasteiger partial charge < -0.3 is 0 Å². The monoisotopic (exact) mass is 400 g/mol. The van der Waals surface area contributed by atoms with Gasteiger partial charge in [-0.1, -0.05) is 68.0 Å². The molecule has 3 saturated carbocycles. The summed E-state index contributed by atoms with van der Waals surface area (Å²) in [6.07, 6.45) is 23.6. The summed E-state index contributed by atoms with van der Waals surface area (Å²) >= 11 is 0. The van der Waals surface area contributed by atoms with Gasteiger partial charge in [0.1, 0.15) is 0 Å². The van der Waals surface area contributed by atoms with E-state index < -0.39 is 0 Å². The van der Waals surface area contributed by atoms with Crippen LogP contribution in [-0.2, 0) is 0 Å². The molecule has 0 N–H and O–H groups in total. The summed E-state index contributed by atoms with van der Waals surface area (Å²) in [5.41, 5.74) is 6.52. The minimum Gasteiger partial charge on any atom is -0.0984 e. The Kier molecular flexibility index (Phi) is 5.55. The number of allylic oxidation sites excluding steroid dienone is 3. The fourth-order valence-electron chi connectivity index (χ4n) is 8.13. The Hall–Kier alpha value is -1.56. The average Bonchev–Trinajstić information content (AvgIpc) is 3.00. The van der Waals surface area contributed by atoms with E-state index in [1.807, 2.05) is 11.6 Å². The van der Waals surface area contributed by atoms with Crippen LogP contribution in [0.5, 0.6) is 0 Å². The number of benzene rings is 1. The van der Waals surface area contributed by atoms with E-state index in [9.17, 15) is 0 Å². The predicted octanol–water partition coefficient (Wildman–Crippen LogP) is 8.80. The van der Waals surface area contributed by atoms with Crippen molar-refractivity contribution in [2.24, 2.45) is 29.1 Å². The quantitative estimate of drug-likeness (QED) is 0.445. The fourth-order valence-corrected chi connectivity index (χ4v) is 8.13. The Morgan fingerprint density at radius 3 is 2.73 bits per heavy atom. The Balaban J connectivity index is 1.43. The van der Waals surface area contributed by atoms with Crippen LogP contribution in [-0.4, -0.2) is 0 Å². The summed E-state index contributed by atoms with van der Waals surface area (Å²) < 4.78 is 0. The molecule has 6 atom stereocenters. The van der Waals surface area contributed by atoms with E-state index >= 15 is 0 Å². The first kappa shape index (κ1) is 20.3. The third-order valence-corrected chi connectivity index (χ3v) is 9.64. The topological polar surface area (TPSA) is 0 Å². The molecule has 1 aromatic rings. The lowest BCUT2D eigenvalue weighted by atomic mass is 9.56. The molecule has 0 heterocycles. The van der Waals surface area contributed by atoms with E-state index in [1.165, 1.54) is 75.3 Å². The molecular weight excluding hydrogens is 360 g/mol. The van der Waals surface area contributed by atoms with Crippen molar-refractivity contribution in [3.8, 4) is 0 Å². The Morgan fingerprint density at radius 2 is 1.90 bits per heavy atom. The first-order valence-electron chi connectivity index (χ1n) is 12.7. The van der Waals surface area contributed by atoms with Gasteiger partial charge in [0.25, 0.3) is 0 Å². The molecule has 0 amide bonds. The molecular formula is C30H40. The van der Waals surface area contributed by atoms with Crippen LogP contribution in [0.1, 0.15) is 101 Å². The molecule has 0 saturated heterocycles. The van der Waals surface area contributed by atoms with Crippen molar-refractivity contribution in [1.29, 1.82) is 0 Å².